The molecular formula is C21H31N5O3. The molecule has 158 valence electrons. The summed E-state index contributed by atoms with van der Waals surface area (Å²) < 4.78 is 0. The first kappa shape index (κ1) is 21.1. The van der Waals surface area contributed by atoms with Crippen LogP contribution >= 0.6 is 0 Å². The fourth-order valence-electron chi connectivity index (χ4n) is 4.20. The fourth-order valence-corrected chi connectivity index (χ4v) is 4.20. The molecule has 1 aromatic rings. The zero-order chi connectivity index (χ0) is 21.3. The number of likely N-dealkylation sites (N-methyl/N-ethyl adjacent to an activating group) is 1. The van der Waals surface area contributed by atoms with E-state index in [2.05, 4.69) is 4.98 Å². The van der Waals surface area contributed by atoms with Gasteiger partial charge in [-0.25, -0.2) is 9.78 Å². The number of imide groups is 1. The summed E-state index contributed by atoms with van der Waals surface area (Å²) in [4.78, 5) is 49.9. The maximum Gasteiger partial charge on any atom is 0.327 e. The van der Waals surface area contributed by atoms with E-state index >= 15 is 0 Å². The van der Waals surface area contributed by atoms with Crippen molar-refractivity contribution in [2.75, 3.05) is 45.2 Å². The number of aromatic nitrogens is 1. The molecule has 0 unspecified atom stereocenters. The molecule has 0 saturated carbocycles. The summed E-state index contributed by atoms with van der Waals surface area (Å²) in [5.74, 6) is 0.853. The largest absolute Gasteiger partial charge is 0.363 e. The molecule has 0 aromatic carbocycles. The average Bonchev–Trinajstić information content (AvgIpc) is 2.89. The SMILES string of the molecule is CCN1C(=O)N(CC(C)C)C2(CCN(C(=O)c3ccc(N(C)C)nc3)CC2)C1=O. The van der Waals surface area contributed by atoms with Crippen LogP contribution in [-0.2, 0) is 4.79 Å². The second-order valence-corrected chi connectivity index (χ2v) is 8.46. The topological polar surface area (TPSA) is 77.1 Å². The van der Waals surface area contributed by atoms with Crippen molar-refractivity contribution in [3.8, 4) is 0 Å². The zero-order valence-electron chi connectivity index (χ0n) is 18.0. The second kappa shape index (κ2) is 8.00. The molecule has 1 spiro atoms. The van der Waals surface area contributed by atoms with Crippen molar-refractivity contribution in [3.05, 3.63) is 23.9 Å². The van der Waals surface area contributed by atoms with Gasteiger partial charge in [0.15, 0.2) is 0 Å². The quantitative estimate of drug-likeness (QED) is 0.706. The van der Waals surface area contributed by atoms with Gasteiger partial charge < -0.3 is 14.7 Å². The van der Waals surface area contributed by atoms with Gasteiger partial charge in [0.25, 0.3) is 11.8 Å². The summed E-state index contributed by atoms with van der Waals surface area (Å²) >= 11 is 0. The number of carbonyl (C=O) groups excluding carboxylic acids is 3. The summed E-state index contributed by atoms with van der Waals surface area (Å²) in [5, 5.41) is 0. The van der Waals surface area contributed by atoms with Crippen molar-refractivity contribution in [1.29, 1.82) is 0 Å². The van der Waals surface area contributed by atoms with E-state index < -0.39 is 5.54 Å². The van der Waals surface area contributed by atoms with Gasteiger partial charge in [0.2, 0.25) is 0 Å². The van der Waals surface area contributed by atoms with Crippen LogP contribution < -0.4 is 4.90 Å². The first-order chi connectivity index (χ1) is 13.7. The molecule has 2 fully saturated rings. The minimum atomic E-state index is -0.818. The molecule has 1 aromatic heterocycles. The molecule has 4 amide bonds. The fraction of sp³-hybridized carbons (Fsp3) is 0.619. The molecule has 0 radical (unpaired) electrons. The van der Waals surface area contributed by atoms with Gasteiger partial charge in [-0.05, 0) is 37.8 Å². The summed E-state index contributed by atoms with van der Waals surface area (Å²) in [6.07, 6.45) is 2.53. The van der Waals surface area contributed by atoms with Gasteiger partial charge in [-0.3, -0.25) is 14.5 Å². The molecule has 0 bridgehead atoms. The minimum Gasteiger partial charge on any atom is -0.363 e. The van der Waals surface area contributed by atoms with Crippen molar-refractivity contribution in [3.63, 3.8) is 0 Å². The number of hydrogen-bond donors (Lipinski definition) is 0. The van der Waals surface area contributed by atoms with Crippen LogP contribution in [0.5, 0.6) is 0 Å². The molecule has 29 heavy (non-hydrogen) atoms. The number of anilines is 1. The van der Waals surface area contributed by atoms with Gasteiger partial charge in [-0.15, -0.1) is 0 Å². The molecule has 0 aliphatic carbocycles. The van der Waals surface area contributed by atoms with Crippen LogP contribution in [0.3, 0.4) is 0 Å². The van der Waals surface area contributed by atoms with Crippen LogP contribution in [0.15, 0.2) is 18.3 Å². The molecule has 2 saturated heterocycles. The summed E-state index contributed by atoms with van der Waals surface area (Å²) in [7, 11) is 3.80. The van der Waals surface area contributed by atoms with E-state index in [0.717, 1.165) is 5.82 Å². The minimum absolute atomic E-state index is 0.0859. The average molecular weight is 402 g/mol. The Bertz CT molecular complexity index is 782. The highest BCUT2D eigenvalue weighted by Gasteiger charge is 2.57. The van der Waals surface area contributed by atoms with E-state index in [1.54, 1.807) is 22.1 Å². The van der Waals surface area contributed by atoms with Crippen molar-refractivity contribution in [2.24, 2.45) is 5.92 Å². The third kappa shape index (κ3) is 3.68. The first-order valence-electron chi connectivity index (χ1n) is 10.3. The third-order valence-electron chi connectivity index (χ3n) is 5.82. The van der Waals surface area contributed by atoms with Crippen molar-refractivity contribution in [2.45, 2.75) is 39.2 Å². The molecule has 2 aliphatic heterocycles. The standard InChI is InChI=1S/C21H31N5O3/c1-6-25-19(28)21(26(20(25)29)14-15(2)3)9-11-24(12-10-21)18(27)16-7-8-17(22-13-16)23(4)5/h7-8,13,15H,6,9-12,14H2,1-5H3. The lowest BCUT2D eigenvalue weighted by Gasteiger charge is -2.42. The Morgan fingerprint density at radius 3 is 2.34 bits per heavy atom. The summed E-state index contributed by atoms with van der Waals surface area (Å²) in [6, 6.07) is 3.40. The first-order valence-corrected chi connectivity index (χ1v) is 10.3. The number of amides is 4. The number of rotatable bonds is 5. The maximum absolute atomic E-state index is 13.1. The molecule has 2 aliphatic rings. The lowest BCUT2D eigenvalue weighted by atomic mass is 9.85. The van der Waals surface area contributed by atoms with Crippen LogP contribution in [0.4, 0.5) is 10.6 Å². The van der Waals surface area contributed by atoms with Crippen LogP contribution in [-0.4, -0.2) is 83.3 Å². The number of hydrogen-bond acceptors (Lipinski definition) is 5. The van der Waals surface area contributed by atoms with E-state index in [4.69, 9.17) is 0 Å². The number of nitrogens with zero attached hydrogens (tertiary/aromatic N) is 5. The smallest absolute Gasteiger partial charge is 0.327 e. The number of likely N-dealkylation sites (tertiary alicyclic amines) is 1. The highest BCUT2D eigenvalue weighted by atomic mass is 16.2. The Morgan fingerprint density at radius 2 is 1.86 bits per heavy atom. The lowest BCUT2D eigenvalue weighted by molar-refractivity contribution is -0.135. The number of carbonyl (C=O) groups is 3. The predicted octanol–water partition coefficient (Wildman–Crippen LogP) is 2.06. The molecule has 8 heteroatoms. The van der Waals surface area contributed by atoms with Gasteiger partial charge in [-0.2, -0.15) is 0 Å². The molecule has 0 atom stereocenters. The van der Waals surface area contributed by atoms with Crippen LogP contribution in [0.25, 0.3) is 0 Å². The van der Waals surface area contributed by atoms with E-state index in [1.807, 2.05) is 45.8 Å². The normalized spacial score (nSPS) is 18.9. The van der Waals surface area contributed by atoms with E-state index in [1.165, 1.54) is 4.90 Å². The monoisotopic (exact) mass is 401 g/mol. The van der Waals surface area contributed by atoms with Crippen molar-refractivity contribution in [1.82, 2.24) is 19.7 Å². The highest BCUT2D eigenvalue weighted by Crippen LogP contribution is 2.38. The van der Waals surface area contributed by atoms with Gasteiger partial charge in [0.1, 0.15) is 11.4 Å². The Balaban J connectivity index is 1.76. The van der Waals surface area contributed by atoms with Gasteiger partial charge >= 0.3 is 6.03 Å². The Kier molecular flexibility index (Phi) is 5.82. The van der Waals surface area contributed by atoms with Crippen LogP contribution in [0.1, 0.15) is 44.0 Å². The molecule has 3 heterocycles. The van der Waals surface area contributed by atoms with Crippen LogP contribution in [0, 0.1) is 5.92 Å². The van der Waals surface area contributed by atoms with E-state index in [9.17, 15) is 14.4 Å². The van der Waals surface area contributed by atoms with Gasteiger partial charge in [0.05, 0.1) is 5.56 Å². The summed E-state index contributed by atoms with van der Waals surface area (Å²) in [6.45, 7) is 7.72. The summed E-state index contributed by atoms with van der Waals surface area (Å²) in [5.41, 5.74) is -0.282. The zero-order valence-corrected chi connectivity index (χ0v) is 18.0. The number of piperidine rings is 1. The van der Waals surface area contributed by atoms with E-state index in [0.29, 0.717) is 44.6 Å². The number of urea groups is 1. The molecular weight excluding hydrogens is 370 g/mol. The molecule has 3 rings (SSSR count). The molecule has 8 nitrogen and oxygen atoms in total. The number of pyridine rings is 1. The van der Waals surface area contributed by atoms with Crippen LogP contribution in [0.2, 0.25) is 0 Å². The maximum atomic E-state index is 13.1. The van der Waals surface area contributed by atoms with Crippen molar-refractivity contribution >= 4 is 23.7 Å². The second-order valence-electron chi connectivity index (χ2n) is 8.46. The Hall–Kier alpha value is -2.64. The van der Waals surface area contributed by atoms with Gasteiger partial charge in [0, 0.05) is 46.5 Å². The molecule has 0 N–H and O–H groups in total. The van der Waals surface area contributed by atoms with E-state index in [-0.39, 0.29) is 23.8 Å². The van der Waals surface area contributed by atoms with Gasteiger partial charge in [-0.1, -0.05) is 13.8 Å². The lowest BCUT2D eigenvalue weighted by Crippen LogP contribution is -2.58. The van der Waals surface area contributed by atoms with Crippen molar-refractivity contribution < 1.29 is 14.4 Å². The highest BCUT2D eigenvalue weighted by molar-refractivity contribution is 6.07. The third-order valence-corrected chi connectivity index (χ3v) is 5.82. The predicted molar refractivity (Wildman–Crippen MR) is 111 cm³/mol. The Labute approximate surface area is 172 Å². The Morgan fingerprint density at radius 1 is 1.21 bits per heavy atom.